The molecule has 2 bridgehead atoms. The highest BCUT2D eigenvalue weighted by atomic mass is 16.3. The lowest BCUT2D eigenvalue weighted by Crippen LogP contribution is -2.47. The molecule has 0 saturated carbocycles. The second kappa shape index (κ2) is 9.33. The van der Waals surface area contributed by atoms with Crippen molar-refractivity contribution in [3.05, 3.63) is 36.2 Å². The standard InChI is InChI=1S/C24H32N8O/c1-24(2,33)20(26)14-21(27)30-22-13-19-18(5-3-9-28-19)23(31-22)29-15-11-16-6-7-17(12-15)32(16)10-4-8-25/h3,5,9,13-17,33H,4,6-7,10-12,26H2,1-2H3,(H3,27,29,30,31)/b20-14-/t15?,16-,17+. The minimum absolute atomic E-state index is 0.159. The number of hydrogen-bond donors (Lipinski definition) is 4. The highest BCUT2D eigenvalue weighted by Crippen LogP contribution is 2.37. The second-order valence-corrected chi connectivity index (χ2v) is 9.44. The number of anilines is 1. The number of nitrogens with zero attached hydrogens (tertiary/aromatic N) is 5. The van der Waals surface area contributed by atoms with Gasteiger partial charge in [0.05, 0.1) is 17.2 Å². The molecule has 6 N–H and O–H groups in total. The van der Waals surface area contributed by atoms with Gasteiger partial charge in [0.25, 0.3) is 0 Å². The van der Waals surface area contributed by atoms with Crippen LogP contribution in [0.4, 0.5) is 11.6 Å². The molecule has 0 spiro atoms. The lowest BCUT2D eigenvalue weighted by molar-refractivity contribution is 0.118. The molecule has 0 aromatic carbocycles. The molecule has 0 aliphatic carbocycles. The Hall–Kier alpha value is -3.22. The summed E-state index contributed by atoms with van der Waals surface area (Å²) in [6.07, 6.45) is 8.17. The van der Waals surface area contributed by atoms with E-state index in [2.05, 4.69) is 26.3 Å². The summed E-state index contributed by atoms with van der Waals surface area (Å²) in [6.45, 7) is 4.03. The predicted octanol–water partition coefficient (Wildman–Crippen LogP) is 2.55. The van der Waals surface area contributed by atoms with Crippen LogP contribution in [-0.4, -0.2) is 56.1 Å². The maximum atomic E-state index is 10.0. The molecule has 9 heteroatoms. The van der Waals surface area contributed by atoms with E-state index in [4.69, 9.17) is 21.7 Å². The third-order valence-electron chi connectivity index (χ3n) is 6.55. The number of aliphatic imine (C=N–C) groups is 1. The SMILES string of the molecule is CC(C)(O)/C(N)=C/C(N)=Nc1cc2ncccc2c(NC2C[C@H]3CC[C@@H](C2)N3CCC#N)n1. The van der Waals surface area contributed by atoms with E-state index in [9.17, 15) is 5.11 Å². The Kier molecular flexibility index (Phi) is 6.49. The zero-order valence-electron chi connectivity index (χ0n) is 19.2. The summed E-state index contributed by atoms with van der Waals surface area (Å²) in [5, 5.41) is 23.6. The molecule has 1 unspecified atom stereocenters. The monoisotopic (exact) mass is 448 g/mol. The van der Waals surface area contributed by atoms with Crippen LogP contribution in [0.3, 0.4) is 0 Å². The van der Waals surface area contributed by atoms with Crippen LogP contribution in [0.15, 0.2) is 41.2 Å². The van der Waals surface area contributed by atoms with Gasteiger partial charge in [0.1, 0.15) is 11.7 Å². The number of nitrogens with two attached hydrogens (primary N) is 2. The zero-order chi connectivity index (χ0) is 23.6. The van der Waals surface area contributed by atoms with E-state index in [1.807, 2.05) is 12.1 Å². The summed E-state index contributed by atoms with van der Waals surface area (Å²) in [5.74, 6) is 1.32. The molecular formula is C24H32N8O. The van der Waals surface area contributed by atoms with Crippen LogP contribution in [0.25, 0.3) is 10.9 Å². The number of piperidine rings is 1. The smallest absolute Gasteiger partial charge is 0.158 e. The Bertz CT molecular complexity index is 1100. The minimum atomic E-state index is -1.19. The van der Waals surface area contributed by atoms with Crippen LogP contribution >= 0.6 is 0 Å². The Balaban J connectivity index is 1.58. The first-order valence-corrected chi connectivity index (χ1v) is 11.4. The molecule has 2 saturated heterocycles. The van der Waals surface area contributed by atoms with Gasteiger partial charge in [0.2, 0.25) is 0 Å². The fourth-order valence-electron chi connectivity index (χ4n) is 4.86. The van der Waals surface area contributed by atoms with Crippen molar-refractivity contribution in [3.8, 4) is 6.07 Å². The van der Waals surface area contributed by atoms with Crippen molar-refractivity contribution in [2.24, 2.45) is 16.5 Å². The number of amidine groups is 1. The van der Waals surface area contributed by atoms with Crippen molar-refractivity contribution in [2.45, 2.75) is 69.7 Å². The molecule has 3 atom stereocenters. The average molecular weight is 449 g/mol. The largest absolute Gasteiger partial charge is 0.400 e. The van der Waals surface area contributed by atoms with Gasteiger partial charge in [-0.1, -0.05) is 0 Å². The van der Waals surface area contributed by atoms with Crippen molar-refractivity contribution in [2.75, 3.05) is 11.9 Å². The fraction of sp³-hybridized carbons (Fsp3) is 0.500. The number of fused-ring (bicyclic) bond motifs is 3. The third-order valence-corrected chi connectivity index (χ3v) is 6.55. The Morgan fingerprint density at radius 3 is 2.76 bits per heavy atom. The van der Waals surface area contributed by atoms with Crippen LogP contribution in [-0.2, 0) is 0 Å². The molecule has 0 radical (unpaired) electrons. The van der Waals surface area contributed by atoms with E-state index in [0.29, 0.717) is 30.4 Å². The maximum Gasteiger partial charge on any atom is 0.158 e. The number of nitriles is 1. The molecule has 4 rings (SSSR count). The summed E-state index contributed by atoms with van der Waals surface area (Å²) in [6, 6.07) is 9.26. The molecule has 4 heterocycles. The van der Waals surface area contributed by atoms with Gasteiger partial charge in [-0.25, -0.2) is 9.98 Å². The zero-order valence-corrected chi connectivity index (χ0v) is 19.2. The molecule has 9 nitrogen and oxygen atoms in total. The lowest BCUT2D eigenvalue weighted by Gasteiger charge is -2.39. The van der Waals surface area contributed by atoms with Crippen LogP contribution in [0, 0.1) is 11.3 Å². The van der Waals surface area contributed by atoms with Gasteiger partial charge in [0.15, 0.2) is 5.82 Å². The second-order valence-electron chi connectivity index (χ2n) is 9.44. The van der Waals surface area contributed by atoms with Gasteiger partial charge in [-0.05, 0) is 51.7 Å². The van der Waals surface area contributed by atoms with E-state index in [-0.39, 0.29) is 11.5 Å². The van der Waals surface area contributed by atoms with E-state index in [0.717, 1.165) is 36.1 Å². The summed E-state index contributed by atoms with van der Waals surface area (Å²) >= 11 is 0. The summed E-state index contributed by atoms with van der Waals surface area (Å²) in [4.78, 5) is 16.1. The van der Waals surface area contributed by atoms with Crippen molar-refractivity contribution in [1.29, 1.82) is 5.26 Å². The number of hydrogen-bond acceptors (Lipinski definition) is 8. The topological polar surface area (TPSA) is 149 Å². The molecular weight excluding hydrogens is 416 g/mol. The highest BCUT2D eigenvalue weighted by molar-refractivity contribution is 5.95. The van der Waals surface area contributed by atoms with Crippen molar-refractivity contribution >= 4 is 28.4 Å². The molecule has 33 heavy (non-hydrogen) atoms. The number of pyridine rings is 2. The van der Waals surface area contributed by atoms with Gasteiger partial charge in [-0.15, -0.1) is 0 Å². The lowest BCUT2D eigenvalue weighted by atomic mass is 9.97. The van der Waals surface area contributed by atoms with Crippen molar-refractivity contribution in [1.82, 2.24) is 14.9 Å². The Labute approximate surface area is 194 Å². The van der Waals surface area contributed by atoms with Crippen molar-refractivity contribution < 1.29 is 5.11 Å². The van der Waals surface area contributed by atoms with E-state index >= 15 is 0 Å². The van der Waals surface area contributed by atoms with Gasteiger partial charge >= 0.3 is 0 Å². The first kappa shape index (κ1) is 23.0. The highest BCUT2D eigenvalue weighted by Gasteiger charge is 2.40. The molecule has 2 aliphatic rings. The van der Waals surface area contributed by atoms with Crippen LogP contribution < -0.4 is 16.8 Å². The van der Waals surface area contributed by atoms with Gasteiger partial charge in [-0.2, -0.15) is 5.26 Å². The van der Waals surface area contributed by atoms with E-state index in [1.54, 1.807) is 26.1 Å². The first-order chi connectivity index (χ1) is 15.7. The quantitative estimate of drug-likeness (QED) is 0.373. The number of rotatable bonds is 7. The molecule has 0 amide bonds. The molecule has 2 aromatic rings. The number of nitrogens with one attached hydrogen (secondary N) is 1. The van der Waals surface area contributed by atoms with Gasteiger partial charge in [-0.3, -0.25) is 9.88 Å². The summed E-state index contributed by atoms with van der Waals surface area (Å²) in [7, 11) is 0. The van der Waals surface area contributed by atoms with Crippen LogP contribution in [0.1, 0.15) is 46.0 Å². The van der Waals surface area contributed by atoms with E-state index < -0.39 is 5.60 Å². The minimum Gasteiger partial charge on any atom is -0.400 e. The normalized spacial score (nSPS) is 24.1. The first-order valence-electron chi connectivity index (χ1n) is 11.4. The third kappa shape index (κ3) is 5.24. The molecule has 2 fully saturated rings. The van der Waals surface area contributed by atoms with Crippen LogP contribution in [0.5, 0.6) is 0 Å². The van der Waals surface area contributed by atoms with Gasteiger partial charge in [0, 0.05) is 60.5 Å². The van der Waals surface area contributed by atoms with Gasteiger partial charge < -0.3 is 21.9 Å². The van der Waals surface area contributed by atoms with Crippen LogP contribution in [0.2, 0.25) is 0 Å². The van der Waals surface area contributed by atoms with Crippen molar-refractivity contribution in [3.63, 3.8) is 0 Å². The average Bonchev–Trinajstić information content (AvgIpc) is 2.99. The Morgan fingerprint density at radius 1 is 1.36 bits per heavy atom. The predicted molar refractivity (Wildman–Crippen MR) is 130 cm³/mol. The van der Waals surface area contributed by atoms with E-state index in [1.165, 1.54) is 18.9 Å². The Morgan fingerprint density at radius 2 is 2.09 bits per heavy atom. The molecule has 174 valence electrons. The number of aromatic nitrogens is 2. The fourth-order valence-corrected chi connectivity index (χ4v) is 4.86. The summed E-state index contributed by atoms with van der Waals surface area (Å²) in [5.41, 5.74) is 11.8. The molecule has 2 aromatic heterocycles. The number of aliphatic hydroxyl groups is 1. The molecule has 2 aliphatic heterocycles. The summed E-state index contributed by atoms with van der Waals surface area (Å²) < 4.78 is 0. The maximum absolute atomic E-state index is 10.0.